The molecular weight excluding hydrogens is 362 g/mol. The van der Waals surface area contributed by atoms with Crippen LogP contribution in [0.25, 0.3) is 0 Å². The fourth-order valence-corrected chi connectivity index (χ4v) is 4.87. The van der Waals surface area contributed by atoms with E-state index in [0.717, 1.165) is 57.9 Å². The molecule has 0 bridgehead atoms. The van der Waals surface area contributed by atoms with Crippen LogP contribution in [0.1, 0.15) is 44.1 Å². The highest BCUT2D eigenvalue weighted by Gasteiger charge is 2.30. The molecule has 1 aromatic rings. The first-order chi connectivity index (χ1) is 14.1. The second-order valence-corrected chi connectivity index (χ2v) is 9.12. The lowest BCUT2D eigenvalue weighted by molar-refractivity contribution is -0.136. The molecule has 1 aliphatic heterocycles. The number of amides is 1. The first-order valence-corrected chi connectivity index (χ1v) is 11.3. The number of benzene rings is 1. The number of carbonyl (C=O) groups is 1. The maximum absolute atomic E-state index is 13.2. The molecule has 0 N–H and O–H groups in total. The standard InChI is InChI=1S/C24H39N3O2/c1-25(2)15-16-27(24(28)21-10-4-5-11-21)18-20-9-8-14-26(17-20)19-22-12-6-7-13-23(22)29-3/h6-7,12-13,20-21H,4-5,8-11,14-19H2,1-3H3/t20-/m0/s1. The van der Waals surface area contributed by atoms with Gasteiger partial charge in [-0.25, -0.2) is 0 Å². The Bertz CT molecular complexity index is 643. The number of rotatable bonds is 9. The highest BCUT2D eigenvalue weighted by molar-refractivity contribution is 5.79. The second-order valence-electron chi connectivity index (χ2n) is 9.12. The van der Waals surface area contributed by atoms with Crippen LogP contribution >= 0.6 is 0 Å². The number of hydrogen-bond donors (Lipinski definition) is 0. The molecule has 1 saturated carbocycles. The van der Waals surface area contributed by atoms with Crippen LogP contribution in [0, 0.1) is 11.8 Å². The van der Waals surface area contributed by atoms with Crippen molar-refractivity contribution >= 4 is 5.91 Å². The predicted octanol–water partition coefficient (Wildman–Crippen LogP) is 3.49. The van der Waals surface area contributed by atoms with Crippen molar-refractivity contribution in [3.63, 3.8) is 0 Å². The molecule has 1 saturated heterocycles. The summed E-state index contributed by atoms with van der Waals surface area (Å²) in [6, 6.07) is 8.32. The summed E-state index contributed by atoms with van der Waals surface area (Å²) < 4.78 is 5.54. The van der Waals surface area contributed by atoms with E-state index in [9.17, 15) is 4.79 Å². The van der Waals surface area contributed by atoms with Crippen molar-refractivity contribution in [1.82, 2.24) is 14.7 Å². The summed E-state index contributed by atoms with van der Waals surface area (Å²) in [5, 5.41) is 0. The molecule has 29 heavy (non-hydrogen) atoms. The monoisotopic (exact) mass is 401 g/mol. The highest BCUT2D eigenvalue weighted by Crippen LogP contribution is 2.28. The largest absolute Gasteiger partial charge is 0.496 e. The molecule has 0 unspecified atom stereocenters. The number of methoxy groups -OCH3 is 1. The van der Waals surface area contributed by atoms with E-state index in [1.807, 2.05) is 12.1 Å². The minimum Gasteiger partial charge on any atom is -0.496 e. The lowest BCUT2D eigenvalue weighted by Gasteiger charge is -2.37. The average molecular weight is 402 g/mol. The van der Waals surface area contributed by atoms with Gasteiger partial charge >= 0.3 is 0 Å². The zero-order valence-corrected chi connectivity index (χ0v) is 18.6. The number of carbonyl (C=O) groups excluding carboxylic acids is 1. The van der Waals surface area contributed by atoms with Gasteiger partial charge in [0, 0.05) is 44.2 Å². The number of ether oxygens (including phenoxy) is 1. The van der Waals surface area contributed by atoms with Crippen molar-refractivity contribution in [2.24, 2.45) is 11.8 Å². The molecule has 162 valence electrons. The van der Waals surface area contributed by atoms with Gasteiger partial charge < -0.3 is 14.5 Å². The molecule has 1 heterocycles. The second kappa shape index (κ2) is 11.0. The molecule has 0 radical (unpaired) electrons. The quantitative estimate of drug-likeness (QED) is 0.635. The Kier molecular flexibility index (Phi) is 8.37. The zero-order valence-electron chi connectivity index (χ0n) is 18.6. The lowest BCUT2D eigenvalue weighted by Crippen LogP contribution is -2.46. The Hall–Kier alpha value is -1.59. The van der Waals surface area contributed by atoms with E-state index in [1.54, 1.807) is 7.11 Å². The average Bonchev–Trinajstić information content (AvgIpc) is 3.26. The topological polar surface area (TPSA) is 36.0 Å². The van der Waals surface area contributed by atoms with Gasteiger partial charge in [-0.2, -0.15) is 0 Å². The van der Waals surface area contributed by atoms with Gasteiger partial charge in [0.25, 0.3) is 0 Å². The van der Waals surface area contributed by atoms with Crippen LogP contribution in [0.15, 0.2) is 24.3 Å². The summed E-state index contributed by atoms with van der Waals surface area (Å²) in [5.41, 5.74) is 1.25. The van der Waals surface area contributed by atoms with Crippen LogP contribution in [-0.2, 0) is 11.3 Å². The highest BCUT2D eigenvalue weighted by atomic mass is 16.5. The smallest absolute Gasteiger partial charge is 0.225 e. The summed E-state index contributed by atoms with van der Waals surface area (Å²) in [7, 11) is 5.93. The van der Waals surface area contributed by atoms with E-state index in [4.69, 9.17) is 4.74 Å². The van der Waals surface area contributed by atoms with E-state index in [0.29, 0.717) is 11.8 Å². The van der Waals surface area contributed by atoms with Crippen LogP contribution in [0.4, 0.5) is 0 Å². The van der Waals surface area contributed by atoms with E-state index < -0.39 is 0 Å². The summed E-state index contributed by atoms with van der Waals surface area (Å²) in [6.07, 6.45) is 7.03. The molecule has 1 atom stereocenters. The van der Waals surface area contributed by atoms with Crippen molar-refractivity contribution in [3.8, 4) is 5.75 Å². The number of nitrogens with zero attached hydrogens (tertiary/aromatic N) is 3. The fraction of sp³-hybridized carbons (Fsp3) is 0.708. The van der Waals surface area contributed by atoms with Gasteiger partial charge in [-0.05, 0) is 58.3 Å². The molecule has 5 nitrogen and oxygen atoms in total. The van der Waals surface area contributed by atoms with Gasteiger partial charge in [-0.1, -0.05) is 31.0 Å². The number of likely N-dealkylation sites (N-methyl/N-ethyl adjacent to an activating group) is 1. The first-order valence-electron chi connectivity index (χ1n) is 11.3. The molecule has 3 rings (SSSR count). The van der Waals surface area contributed by atoms with Crippen LogP contribution in [0.2, 0.25) is 0 Å². The maximum Gasteiger partial charge on any atom is 0.225 e. The Morgan fingerprint density at radius 3 is 2.59 bits per heavy atom. The SMILES string of the molecule is COc1ccccc1CN1CCC[C@H](CN(CCN(C)C)C(=O)C2CCCC2)C1. The van der Waals surface area contributed by atoms with Gasteiger partial charge in [0.05, 0.1) is 7.11 Å². The van der Waals surface area contributed by atoms with Crippen LogP contribution in [-0.4, -0.2) is 74.5 Å². The molecule has 1 amide bonds. The van der Waals surface area contributed by atoms with Crippen molar-refractivity contribution in [2.45, 2.75) is 45.1 Å². The molecular formula is C24H39N3O2. The maximum atomic E-state index is 13.2. The molecule has 5 heteroatoms. The Morgan fingerprint density at radius 2 is 1.86 bits per heavy atom. The Morgan fingerprint density at radius 1 is 1.10 bits per heavy atom. The molecule has 2 aliphatic rings. The third kappa shape index (κ3) is 6.45. The van der Waals surface area contributed by atoms with E-state index in [1.165, 1.54) is 31.2 Å². The van der Waals surface area contributed by atoms with Crippen molar-refractivity contribution in [3.05, 3.63) is 29.8 Å². The number of likely N-dealkylation sites (tertiary alicyclic amines) is 1. The first kappa shape index (κ1) is 22.1. The number of piperidine rings is 1. The molecule has 2 fully saturated rings. The summed E-state index contributed by atoms with van der Waals surface area (Å²) >= 11 is 0. The van der Waals surface area contributed by atoms with Gasteiger partial charge in [0.15, 0.2) is 0 Å². The summed E-state index contributed by atoms with van der Waals surface area (Å²) in [6.45, 7) is 5.82. The Labute approximate surface area is 177 Å². The molecule has 1 aliphatic carbocycles. The van der Waals surface area contributed by atoms with Crippen LogP contribution < -0.4 is 4.74 Å². The van der Waals surface area contributed by atoms with E-state index in [-0.39, 0.29) is 5.92 Å². The number of para-hydroxylation sites is 1. The normalized spacial score (nSPS) is 20.9. The minimum atomic E-state index is 0.269. The summed E-state index contributed by atoms with van der Waals surface area (Å²) in [4.78, 5) is 20.1. The van der Waals surface area contributed by atoms with Gasteiger partial charge in [0.1, 0.15) is 5.75 Å². The molecule has 0 aromatic heterocycles. The van der Waals surface area contributed by atoms with E-state index in [2.05, 4.69) is 40.9 Å². The molecule has 0 spiro atoms. The number of hydrogen-bond acceptors (Lipinski definition) is 4. The van der Waals surface area contributed by atoms with Crippen molar-refractivity contribution in [2.75, 3.05) is 53.9 Å². The van der Waals surface area contributed by atoms with Crippen LogP contribution in [0.3, 0.4) is 0 Å². The van der Waals surface area contributed by atoms with Crippen molar-refractivity contribution in [1.29, 1.82) is 0 Å². The Balaban J connectivity index is 1.60. The fourth-order valence-electron chi connectivity index (χ4n) is 4.87. The lowest BCUT2D eigenvalue weighted by atomic mass is 9.96. The third-order valence-corrected chi connectivity index (χ3v) is 6.50. The van der Waals surface area contributed by atoms with Gasteiger partial charge in [0.2, 0.25) is 5.91 Å². The minimum absolute atomic E-state index is 0.269. The van der Waals surface area contributed by atoms with Crippen molar-refractivity contribution < 1.29 is 9.53 Å². The molecule has 1 aromatic carbocycles. The third-order valence-electron chi connectivity index (χ3n) is 6.50. The van der Waals surface area contributed by atoms with Gasteiger partial charge in [-0.15, -0.1) is 0 Å². The summed E-state index contributed by atoms with van der Waals surface area (Å²) in [5.74, 6) is 2.21. The van der Waals surface area contributed by atoms with Gasteiger partial charge in [-0.3, -0.25) is 9.69 Å². The van der Waals surface area contributed by atoms with E-state index >= 15 is 0 Å². The zero-order chi connectivity index (χ0) is 20.6. The predicted molar refractivity (Wildman–Crippen MR) is 118 cm³/mol. The van der Waals surface area contributed by atoms with Crippen LogP contribution in [0.5, 0.6) is 5.75 Å².